The third-order valence-electron chi connectivity index (χ3n) is 5.73. The summed E-state index contributed by atoms with van der Waals surface area (Å²) in [6.45, 7) is 5.62. The number of nitrogens with two attached hydrogens (primary N) is 1. The molecular weight excluding hydrogens is 446 g/mol. The van der Waals surface area contributed by atoms with Crippen molar-refractivity contribution in [3.8, 4) is 0 Å². The van der Waals surface area contributed by atoms with Crippen molar-refractivity contribution in [3.05, 3.63) is 89.0 Å². The zero-order valence-corrected chi connectivity index (χ0v) is 19.8. The summed E-state index contributed by atoms with van der Waals surface area (Å²) < 4.78 is 29.1. The summed E-state index contributed by atoms with van der Waals surface area (Å²) in [5.74, 6) is -0.0328. The van der Waals surface area contributed by atoms with Crippen LogP contribution in [0.1, 0.15) is 22.3 Å². The van der Waals surface area contributed by atoms with Gasteiger partial charge in [0.25, 0.3) is 0 Å². The minimum absolute atomic E-state index is 0.0328. The lowest BCUT2D eigenvalue weighted by Crippen LogP contribution is -2.08. The number of sulfone groups is 1. The molecule has 170 valence electrons. The number of aromatic nitrogens is 3. The molecule has 8 heteroatoms. The Morgan fingerprint density at radius 2 is 1.53 bits per heavy atom. The van der Waals surface area contributed by atoms with Gasteiger partial charge in [-0.2, -0.15) is 9.78 Å². The van der Waals surface area contributed by atoms with Crippen molar-refractivity contribution in [2.45, 2.75) is 30.6 Å². The Morgan fingerprint density at radius 1 is 0.882 bits per heavy atom. The fourth-order valence-electron chi connectivity index (χ4n) is 3.89. The average molecular weight is 470 g/mol. The first-order valence-corrected chi connectivity index (χ1v) is 12.2. The van der Waals surface area contributed by atoms with Crippen LogP contribution in [0.3, 0.4) is 0 Å². The van der Waals surface area contributed by atoms with E-state index in [2.05, 4.69) is 15.1 Å². The summed E-state index contributed by atoms with van der Waals surface area (Å²) in [6.07, 6.45) is 1.63. The summed E-state index contributed by atoms with van der Waals surface area (Å²) in [4.78, 5) is 9.43. The van der Waals surface area contributed by atoms with Crippen molar-refractivity contribution in [2.24, 2.45) is 5.10 Å². The Hall–Kier alpha value is -4.04. The zero-order valence-electron chi connectivity index (χ0n) is 19.0. The number of benzene rings is 3. The highest BCUT2D eigenvalue weighted by atomic mass is 32.2. The van der Waals surface area contributed by atoms with Gasteiger partial charge < -0.3 is 5.73 Å². The van der Waals surface area contributed by atoms with Crippen LogP contribution >= 0.6 is 0 Å². The number of hydrogen-bond donors (Lipinski definition) is 1. The van der Waals surface area contributed by atoms with E-state index in [4.69, 9.17) is 5.73 Å². The fraction of sp³-hybridized carbons (Fsp3) is 0.115. The van der Waals surface area contributed by atoms with Crippen LogP contribution in [0.25, 0.3) is 22.2 Å². The number of rotatable bonds is 4. The lowest BCUT2D eigenvalue weighted by molar-refractivity contribution is 0.596. The standard InChI is InChI=1S/C26H23N5O2S/c1-16-9-12-19(13-10-16)15-28-31-25(27)24(34(32,33)22-14-17(2)8-11-18(22)3)23-26(31)30-21-7-5-4-6-20(21)29-23/h4-15H,27H2,1-3H3/b28-15+. The number of aryl methyl sites for hydroxylation is 3. The predicted molar refractivity (Wildman–Crippen MR) is 135 cm³/mol. The van der Waals surface area contributed by atoms with Gasteiger partial charge in [0.15, 0.2) is 5.65 Å². The van der Waals surface area contributed by atoms with Crippen LogP contribution in [0.2, 0.25) is 0 Å². The molecule has 0 radical (unpaired) electrons. The third kappa shape index (κ3) is 3.62. The first-order chi connectivity index (χ1) is 16.3. The van der Waals surface area contributed by atoms with Gasteiger partial charge in [0.2, 0.25) is 9.84 Å². The van der Waals surface area contributed by atoms with Gasteiger partial charge in [-0.25, -0.2) is 18.4 Å². The van der Waals surface area contributed by atoms with E-state index >= 15 is 0 Å². The van der Waals surface area contributed by atoms with Gasteiger partial charge in [-0.1, -0.05) is 54.1 Å². The molecule has 0 saturated carbocycles. The molecule has 34 heavy (non-hydrogen) atoms. The highest BCUT2D eigenvalue weighted by molar-refractivity contribution is 7.92. The largest absolute Gasteiger partial charge is 0.382 e. The summed E-state index contributed by atoms with van der Waals surface area (Å²) in [7, 11) is -4.01. The molecule has 2 heterocycles. The summed E-state index contributed by atoms with van der Waals surface area (Å²) in [5, 5.41) is 4.51. The van der Waals surface area contributed by atoms with Crippen LogP contribution < -0.4 is 5.73 Å². The summed E-state index contributed by atoms with van der Waals surface area (Å²) >= 11 is 0. The minimum atomic E-state index is -4.01. The smallest absolute Gasteiger partial charge is 0.212 e. The second-order valence-electron chi connectivity index (χ2n) is 8.34. The Labute approximate surface area is 197 Å². The van der Waals surface area contributed by atoms with Crippen molar-refractivity contribution in [2.75, 3.05) is 5.73 Å². The van der Waals surface area contributed by atoms with Crippen LogP contribution in [-0.2, 0) is 9.84 Å². The number of nitrogens with zero attached hydrogens (tertiary/aromatic N) is 4. The van der Waals surface area contributed by atoms with Crippen LogP contribution in [0.4, 0.5) is 5.82 Å². The SMILES string of the molecule is Cc1ccc(/C=N/n2c(N)c(S(=O)(=O)c3cc(C)ccc3C)c3nc4ccccc4nc32)cc1. The molecule has 2 N–H and O–H groups in total. The molecule has 0 bridgehead atoms. The van der Waals surface area contributed by atoms with Gasteiger partial charge >= 0.3 is 0 Å². The summed E-state index contributed by atoms with van der Waals surface area (Å²) in [6, 6.07) is 20.4. The molecule has 0 saturated heterocycles. The second kappa shape index (κ2) is 8.07. The molecule has 2 aromatic heterocycles. The second-order valence-corrected chi connectivity index (χ2v) is 10.2. The van der Waals surface area contributed by atoms with Gasteiger partial charge in [-0.05, 0) is 55.7 Å². The van der Waals surface area contributed by atoms with E-state index in [1.807, 2.05) is 62.4 Å². The van der Waals surface area contributed by atoms with Gasteiger partial charge in [-0.3, -0.25) is 0 Å². The van der Waals surface area contributed by atoms with E-state index in [0.29, 0.717) is 16.6 Å². The van der Waals surface area contributed by atoms with Gasteiger partial charge in [-0.15, -0.1) is 0 Å². The van der Waals surface area contributed by atoms with E-state index in [0.717, 1.165) is 16.7 Å². The maximum absolute atomic E-state index is 13.9. The molecule has 5 aromatic rings. The topological polar surface area (TPSA) is 103 Å². The quantitative estimate of drug-likeness (QED) is 0.381. The molecule has 0 atom stereocenters. The van der Waals surface area contributed by atoms with Crippen molar-refractivity contribution >= 4 is 44.1 Å². The first-order valence-electron chi connectivity index (χ1n) is 10.8. The lowest BCUT2D eigenvalue weighted by Gasteiger charge is -2.09. The Bertz CT molecular complexity index is 1700. The molecule has 0 amide bonds. The number of para-hydroxylation sites is 2. The van der Waals surface area contributed by atoms with E-state index in [1.165, 1.54) is 4.68 Å². The molecule has 7 nitrogen and oxygen atoms in total. The molecule has 0 fully saturated rings. The Balaban J connectivity index is 1.81. The number of hydrogen-bond acceptors (Lipinski definition) is 6. The Morgan fingerprint density at radius 3 is 2.24 bits per heavy atom. The fourth-order valence-corrected chi connectivity index (χ4v) is 5.69. The van der Waals surface area contributed by atoms with Gasteiger partial charge in [0.1, 0.15) is 16.2 Å². The maximum Gasteiger partial charge on any atom is 0.212 e. The van der Waals surface area contributed by atoms with E-state index in [9.17, 15) is 8.42 Å². The van der Waals surface area contributed by atoms with Gasteiger partial charge in [0, 0.05) is 0 Å². The normalized spacial score (nSPS) is 12.2. The lowest BCUT2D eigenvalue weighted by atomic mass is 10.2. The monoisotopic (exact) mass is 469 g/mol. The third-order valence-corrected chi connectivity index (χ3v) is 7.69. The van der Waals surface area contributed by atoms with Crippen molar-refractivity contribution in [1.29, 1.82) is 0 Å². The van der Waals surface area contributed by atoms with Gasteiger partial charge in [0.05, 0.1) is 22.1 Å². The van der Waals surface area contributed by atoms with Crippen molar-refractivity contribution < 1.29 is 8.42 Å². The Kier molecular flexibility index (Phi) is 5.17. The van der Waals surface area contributed by atoms with E-state index in [1.54, 1.807) is 31.3 Å². The highest BCUT2D eigenvalue weighted by Crippen LogP contribution is 2.36. The van der Waals surface area contributed by atoms with Crippen LogP contribution in [0, 0.1) is 20.8 Å². The number of fused-ring (bicyclic) bond motifs is 2. The molecule has 0 spiro atoms. The molecule has 5 rings (SSSR count). The highest BCUT2D eigenvalue weighted by Gasteiger charge is 2.31. The van der Waals surface area contributed by atoms with Crippen LogP contribution in [0.5, 0.6) is 0 Å². The molecule has 0 unspecified atom stereocenters. The molecule has 0 aliphatic rings. The maximum atomic E-state index is 13.9. The molecular formula is C26H23N5O2S. The van der Waals surface area contributed by atoms with E-state index < -0.39 is 9.84 Å². The summed E-state index contributed by atoms with van der Waals surface area (Å²) in [5.41, 5.74) is 11.6. The first kappa shape index (κ1) is 21.8. The van der Waals surface area contributed by atoms with Crippen LogP contribution in [0.15, 0.2) is 81.6 Å². The van der Waals surface area contributed by atoms with Crippen LogP contribution in [-0.4, -0.2) is 29.3 Å². The minimum Gasteiger partial charge on any atom is -0.382 e. The average Bonchev–Trinajstić information content (AvgIpc) is 3.09. The molecule has 0 aliphatic carbocycles. The predicted octanol–water partition coefficient (Wildman–Crippen LogP) is 4.81. The van der Waals surface area contributed by atoms with Crippen molar-refractivity contribution in [1.82, 2.24) is 14.6 Å². The van der Waals surface area contributed by atoms with E-state index in [-0.39, 0.29) is 26.8 Å². The number of nitrogen functional groups attached to an aromatic ring is 1. The molecule has 0 aliphatic heterocycles. The molecule has 3 aromatic carbocycles. The van der Waals surface area contributed by atoms with Crippen molar-refractivity contribution in [3.63, 3.8) is 0 Å². The zero-order chi connectivity index (χ0) is 24.0. The number of anilines is 1.